The summed E-state index contributed by atoms with van der Waals surface area (Å²) in [6.07, 6.45) is 5.04. The molecule has 0 N–H and O–H groups in total. The minimum atomic E-state index is -2.48. The molecule has 0 unspecified atom stereocenters. The molecule has 0 amide bonds. The SMILES string of the molecule is [2H]C([2H])([2H])[n+]1[c-]n2c3c(cccc31)OB(c1c(C(C)C)cccc1C(C)C)c1ccc(Oc3[c-]c4c(cc3)c3ccccc3n4-c3cc(C(C)(C)C)ccn3)[c-]c1-2.[Pt]. The molecule has 0 fully saturated rings. The molecule has 0 saturated carbocycles. The van der Waals surface area contributed by atoms with Gasteiger partial charge in [-0.25, -0.2) is 4.98 Å². The van der Waals surface area contributed by atoms with Crippen LogP contribution in [0, 0.1) is 18.5 Å². The third-order valence-electron chi connectivity index (χ3n) is 10.6. The molecule has 0 radical (unpaired) electrons. The molecule has 1 aliphatic heterocycles. The maximum absolute atomic E-state index is 8.38. The average Bonchev–Trinajstić information content (AvgIpc) is 3.69. The Bertz CT molecular complexity index is 2850. The predicted octanol–water partition coefficient (Wildman–Crippen LogP) is 9.18. The zero-order valence-corrected chi connectivity index (χ0v) is 34.2. The molecular formula is C47H43BN4O2Pt-2. The van der Waals surface area contributed by atoms with Gasteiger partial charge in [-0.3, -0.25) is 0 Å². The Morgan fingerprint density at radius 2 is 1.56 bits per heavy atom. The van der Waals surface area contributed by atoms with Crippen LogP contribution >= 0.6 is 0 Å². The third-order valence-corrected chi connectivity index (χ3v) is 10.6. The molecule has 9 rings (SSSR count). The summed E-state index contributed by atoms with van der Waals surface area (Å²) < 4.78 is 44.0. The van der Waals surface area contributed by atoms with Gasteiger partial charge in [0.2, 0.25) is 6.33 Å². The van der Waals surface area contributed by atoms with Crippen LogP contribution in [0.3, 0.4) is 0 Å². The first-order chi connectivity index (χ1) is 27.2. The quantitative estimate of drug-likeness (QED) is 0.0951. The molecular weight excluding hydrogens is 858 g/mol. The summed E-state index contributed by atoms with van der Waals surface area (Å²) in [7, 11) is 0. The molecule has 8 aromatic rings. The number of aryl methyl sites for hydroxylation is 1. The molecule has 6 nitrogen and oxygen atoms in total. The molecule has 0 bridgehead atoms. The van der Waals surface area contributed by atoms with Crippen molar-refractivity contribution in [2.45, 2.75) is 65.7 Å². The summed E-state index contributed by atoms with van der Waals surface area (Å²) in [5, 5.41) is 2.13. The van der Waals surface area contributed by atoms with Gasteiger partial charge in [-0.1, -0.05) is 108 Å². The number of pyridine rings is 1. The van der Waals surface area contributed by atoms with Crippen LogP contribution in [-0.2, 0) is 33.5 Å². The Morgan fingerprint density at radius 1 is 0.836 bits per heavy atom. The van der Waals surface area contributed by atoms with E-state index in [1.807, 2.05) is 48.7 Å². The van der Waals surface area contributed by atoms with Gasteiger partial charge in [0.25, 0.3) is 0 Å². The van der Waals surface area contributed by atoms with Crippen LogP contribution in [0.5, 0.6) is 17.2 Å². The fourth-order valence-electron chi connectivity index (χ4n) is 7.92. The van der Waals surface area contributed by atoms with Crippen molar-refractivity contribution in [1.29, 1.82) is 0 Å². The number of fused-ring (bicyclic) bond motifs is 5. The van der Waals surface area contributed by atoms with Gasteiger partial charge in [0, 0.05) is 44.3 Å². The van der Waals surface area contributed by atoms with Crippen molar-refractivity contribution in [1.82, 2.24) is 14.1 Å². The van der Waals surface area contributed by atoms with Gasteiger partial charge < -0.3 is 23.1 Å². The van der Waals surface area contributed by atoms with Crippen molar-refractivity contribution in [3.05, 3.63) is 138 Å². The first-order valence-corrected chi connectivity index (χ1v) is 18.6. The van der Waals surface area contributed by atoms with Crippen molar-refractivity contribution in [3.8, 4) is 28.8 Å². The van der Waals surface area contributed by atoms with Gasteiger partial charge in [-0.15, -0.1) is 35.1 Å². The number of aromatic nitrogens is 4. The van der Waals surface area contributed by atoms with Crippen LogP contribution in [0.1, 0.15) is 81.1 Å². The summed E-state index contributed by atoms with van der Waals surface area (Å²) in [6.45, 7) is 12.4. The summed E-state index contributed by atoms with van der Waals surface area (Å²) >= 11 is 0. The van der Waals surface area contributed by atoms with Gasteiger partial charge in [0.05, 0.1) is 27.9 Å². The second-order valence-corrected chi connectivity index (χ2v) is 15.9. The van der Waals surface area contributed by atoms with Gasteiger partial charge in [0.1, 0.15) is 5.82 Å². The second kappa shape index (κ2) is 13.9. The van der Waals surface area contributed by atoms with Gasteiger partial charge in [0.15, 0.2) is 0 Å². The normalized spacial score (nSPS) is 13.7. The summed E-state index contributed by atoms with van der Waals surface area (Å²) in [4.78, 5) is 4.82. The Morgan fingerprint density at radius 3 is 2.31 bits per heavy atom. The van der Waals surface area contributed by atoms with Crippen molar-refractivity contribution in [3.63, 3.8) is 0 Å². The number of ether oxygens (including phenoxy) is 1. The molecule has 1 aliphatic rings. The van der Waals surface area contributed by atoms with E-state index in [9.17, 15) is 0 Å². The zero-order chi connectivity index (χ0) is 40.0. The van der Waals surface area contributed by atoms with E-state index in [-0.39, 0.29) is 38.3 Å². The third kappa shape index (κ3) is 6.17. The number of hydrogen-bond donors (Lipinski definition) is 0. The Balaban J connectivity index is 0.00000469. The minimum Gasteiger partial charge on any atom is -0.568 e. The zero-order valence-electron chi connectivity index (χ0n) is 35.0. The van der Waals surface area contributed by atoms with Gasteiger partial charge in [-0.2, -0.15) is 12.1 Å². The van der Waals surface area contributed by atoms with Crippen LogP contribution in [-0.4, -0.2) is 21.0 Å². The van der Waals surface area contributed by atoms with E-state index in [0.717, 1.165) is 38.5 Å². The monoisotopic (exact) mass is 904 g/mol. The van der Waals surface area contributed by atoms with Crippen molar-refractivity contribution < 1.29 is 39.1 Å². The summed E-state index contributed by atoms with van der Waals surface area (Å²) in [6, 6.07) is 39.6. The number of para-hydroxylation sites is 2. The van der Waals surface area contributed by atoms with E-state index in [0.29, 0.717) is 34.0 Å². The molecule has 0 aliphatic carbocycles. The number of imidazole rings is 1. The van der Waals surface area contributed by atoms with E-state index in [1.54, 1.807) is 10.6 Å². The fourth-order valence-corrected chi connectivity index (χ4v) is 7.92. The molecule has 0 saturated heterocycles. The van der Waals surface area contributed by atoms with Crippen molar-refractivity contribution in [2.24, 2.45) is 6.98 Å². The van der Waals surface area contributed by atoms with Crippen LogP contribution in [0.15, 0.2) is 103 Å². The fraction of sp³-hybridized carbons (Fsp3) is 0.234. The average molecular weight is 905 g/mol. The van der Waals surface area contributed by atoms with Crippen LogP contribution in [0.4, 0.5) is 0 Å². The molecule has 0 atom stereocenters. The molecule has 8 heteroatoms. The van der Waals surface area contributed by atoms with E-state index in [4.69, 9.17) is 18.5 Å². The van der Waals surface area contributed by atoms with Crippen molar-refractivity contribution in [2.75, 3.05) is 0 Å². The van der Waals surface area contributed by atoms with Crippen molar-refractivity contribution >= 4 is 50.7 Å². The van der Waals surface area contributed by atoms with E-state index in [1.165, 1.54) is 21.3 Å². The van der Waals surface area contributed by atoms with Crippen LogP contribution in [0.25, 0.3) is 44.3 Å². The molecule has 5 aromatic carbocycles. The predicted molar refractivity (Wildman–Crippen MR) is 219 cm³/mol. The number of hydrogen-bond acceptors (Lipinski definition) is 3. The Labute approximate surface area is 342 Å². The minimum absolute atomic E-state index is 0. The van der Waals surface area contributed by atoms with E-state index in [2.05, 4.69) is 120 Å². The summed E-state index contributed by atoms with van der Waals surface area (Å²) in [5.41, 5.74) is 8.99. The van der Waals surface area contributed by atoms with Crippen LogP contribution in [0.2, 0.25) is 0 Å². The number of rotatable bonds is 6. The maximum atomic E-state index is 8.38. The summed E-state index contributed by atoms with van der Waals surface area (Å²) in [5.74, 6) is 2.77. The standard InChI is InChI=1S/C47H43BN4O2.Pt/c1-29(2)34-14-11-15-35(30(3)4)45(34)48-38-22-20-33(27-42(38)51-28-50(8)40-17-12-18-43(54-48)46(40)51)53-32-19-21-37-36-13-9-10-16-39(36)52(41(37)26-32)44-25-31(23-24-49-44)47(5,6)7;/h9-25,29-30H,1-8H3;/q-2;/i8D3;. The molecule has 3 aromatic heterocycles. The topological polar surface area (TPSA) is 45.1 Å². The first-order valence-electron chi connectivity index (χ1n) is 20.1. The number of benzene rings is 5. The van der Waals surface area contributed by atoms with E-state index >= 15 is 0 Å². The molecule has 0 spiro atoms. The van der Waals surface area contributed by atoms with Gasteiger partial charge >= 0.3 is 6.92 Å². The number of nitrogens with zero attached hydrogens (tertiary/aromatic N) is 4. The molecule has 4 heterocycles. The first kappa shape index (κ1) is 33.2. The Hall–Kier alpha value is -5.13. The largest absolute Gasteiger partial charge is 0.568 e. The molecule has 278 valence electrons. The molecule has 55 heavy (non-hydrogen) atoms. The maximum Gasteiger partial charge on any atom is 0.350 e. The van der Waals surface area contributed by atoms with Gasteiger partial charge in [-0.05, 0) is 69.1 Å². The van der Waals surface area contributed by atoms with Crippen LogP contribution < -0.4 is 24.9 Å². The Kier molecular flexibility index (Phi) is 8.38. The van der Waals surface area contributed by atoms with E-state index < -0.39 is 13.9 Å². The second-order valence-electron chi connectivity index (χ2n) is 15.9. The smallest absolute Gasteiger partial charge is 0.350 e.